The molecular formula is C42H76. The van der Waals surface area contributed by atoms with E-state index < -0.39 is 0 Å². The van der Waals surface area contributed by atoms with Crippen molar-refractivity contribution < 1.29 is 0 Å². The lowest BCUT2D eigenvalue weighted by Crippen LogP contribution is -2.67. The van der Waals surface area contributed by atoms with E-state index in [-0.39, 0.29) is 0 Å². The van der Waals surface area contributed by atoms with Crippen LogP contribution in [0, 0.1) is 105 Å². The third-order valence-electron chi connectivity index (χ3n) is 17.0. The van der Waals surface area contributed by atoms with Gasteiger partial charge in [-0.15, -0.1) is 0 Å². The molecular weight excluding hydrogens is 504 g/mol. The van der Waals surface area contributed by atoms with Crippen LogP contribution in [0.15, 0.2) is 0 Å². The van der Waals surface area contributed by atoms with E-state index in [0.29, 0.717) is 16.2 Å². The monoisotopic (exact) mass is 581 g/mol. The van der Waals surface area contributed by atoms with Gasteiger partial charge in [0, 0.05) is 0 Å². The second kappa shape index (κ2) is 12.0. The summed E-state index contributed by atoms with van der Waals surface area (Å²) in [6.07, 6.45) is 16.5. The third-order valence-corrected chi connectivity index (χ3v) is 17.0. The first kappa shape index (κ1) is 33.4. The molecule has 15 atom stereocenters. The number of fused-ring (bicyclic) bond motifs is 3. The molecule has 15 unspecified atom stereocenters. The first-order chi connectivity index (χ1) is 19.6. The first-order valence-electron chi connectivity index (χ1n) is 19.6. The van der Waals surface area contributed by atoms with Gasteiger partial charge in [0.2, 0.25) is 0 Å². The summed E-state index contributed by atoms with van der Waals surface area (Å²) in [5, 5.41) is 0. The van der Waals surface area contributed by atoms with E-state index in [4.69, 9.17) is 0 Å². The molecule has 0 aromatic carbocycles. The molecule has 0 aliphatic heterocycles. The van der Waals surface area contributed by atoms with Crippen molar-refractivity contribution in [1.29, 1.82) is 0 Å². The summed E-state index contributed by atoms with van der Waals surface area (Å²) in [4.78, 5) is 0. The van der Waals surface area contributed by atoms with Gasteiger partial charge >= 0.3 is 0 Å². The van der Waals surface area contributed by atoms with Crippen molar-refractivity contribution in [2.75, 3.05) is 0 Å². The highest BCUT2D eigenvalue weighted by atomic mass is 14.7. The Hall–Kier alpha value is 0. The van der Waals surface area contributed by atoms with Crippen LogP contribution in [0.3, 0.4) is 0 Å². The highest BCUT2D eigenvalue weighted by Gasteiger charge is 2.69. The lowest BCUT2D eigenvalue weighted by atomic mass is 9.31. The Balaban J connectivity index is 1.44. The predicted octanol–water partition coefficient (Wildman–Crippen LogP) is 12.8. The lowest BCUT2D eigenvalue weighted by Gasteiger charge is -2.73. The molecule has 0 spiro atoms. The normalized spacial score (nSPS) is 52.5. The molecule has 42 heavy (non-hydrogen) atoms. The number of rotatable bonds is 6. The quantitative estimate of drug-likeness (QED) is 0.293. The van der Waals surface area contributed by atoms with E-state index in [9.17, 15) is 0 Å². The average molecular weight is 581 g/mol. The van der Waals surface area contributed by atoms with E-state index in [1.807, 2.05) is 0 Å². The predicted molar refractivity (Wildman–Crippen MR) is 184 cm³/mol. The smallest absolute Gasteiger partial charge is 0.0215 e. The van der Waals surface area contributed by atoms with Gasteiger partial charge in [-0.3, -0.25) is 0 Å². The summed E-state index contributed by atoms with van der Waals surface area (Å²) in [5.41, 5.74) is 1.43. The van der Waals surface area contributed by atoms with Gasteiger partial charge in [-0.05, 0) is 144 Å². The maximum absolute atomic E-state index is 2.82. The summed E-state index contributed by atoms with van der Waals surface area (Å²) in [6.45, 7) is 34.9. The molecule has 0 amide bonds. The van der Waals surface area contributed by atoms with Gasteiger partial charge in [0.05, 0.1) is 0 Å². The van der Waals surface area contributed by atoms with Crippen molar-refractivity contribution in [2.45, 2.75) is 161 Å². The SMILES string of the molecule is CC(CC1CCCCC1)CC1CC(C(C)C)C2CC3(C)CC4(C)CC(C)C(C(C)C)C(C)C4(C)C(C)C3C(C)C2C1C. The summed E-state index contributed by atoms with van der Waals surface area (Å²) >= 11 is 0. The van der Waals surface area contributed by atoms with Gasteiger partial charge in [0.25, 0.3) is 0 Å². The largest absolute Gasteiger partial charge is 0.0625 e. The van der Waals surface area contributed by atoms with Crippen LogP contribution >= 0.6 is 0 Å². The zero-order valence-corrected chi connectivity index (χ0v) is 30.9. The molecule has 244 valence electrons. The second-order valence-electron chi connectivity index (χ2n) is 19.9. The fraction of sp³-hybridized carbons (Fsp3) is 1.00. The Bertz CT molecular complexity index is 909. The zero-order chi connectivity index (χ0) is 30.9. The standard InChI is InChI=1S/C42H76/c1-25(2)35-21-34(20-27(5)19-33-17-15-14-16-18-33)29(7)38-30(8)39-32(10)42(13)31(9)37(26(3)4)28(6)22-41(42,12)24-40(39,11)23-36(35)38/h25-39H,14-24H2,1-13H3. The molecule has 5 rings (SSSR count). The Morgan fingerprint density at radius 1 is 0.714 bits per heavy atom. The molecule has 5 saturated carbocycles. The average Bonchev–Trinajstić information content (AvgIpc) is 2.87. The maximum Gasteiger partial charge on any atom is -0.0215 e. The van der Waals surface area contributed by atoms with E-state index in [1.54, 1.807) is 0 Å². The van der Waals surface area contributed by atoms with Crippen LogP contribution in [0.4, 0.5) is 0 Å². The Kier molecular flexibility index (Phi) is 9.52. The topological polar surface area (TPSA) is 0 Å². The molecule has 0 bridgehead atoms. The molecule has 0 aromatic rings. The minimum atomic E-state index is 0.447. The van der Waals surface area contributed by atoms with Crippen molar-refractivity contribution in [3.8, 4) is 0 Å². The van der Waals surface area contributed by atoms with Crippen molar-refractivity contribution in [3.05, 3.63) is 0 Å². The molecule has 0 heteroatoms. The number of hydrogen-bond donors (Lipinski definition) is 0. The van der Waals surface area contributed by atoms with Crippen LogP contribution in [-0.4, -0.2) is 0 Å². The summed E-state index contributed by atoms with van der Waals surface area (Å²) in [5.74, 6) is 13.3. The van der Waals surface area contributed by atoms with Crippen LogP contribution in [0.2, 0.25) is 0 Å². The second-order valence-corrected chi connectivity index (χ2v) is 19.9. The van der Waals surface area contributed by atoms with Crippen LogP contribution in [0.25, 0.3) is 0 Å². The van der Waals surface area contributed by atoms with Gasteiger partial charge in [-0.25, -0.2) is 0 Å². The summed E-state index contributed by atoms with van der Waals surface area (Å²) in [7, 11) is 0. The van der Waals surface area contributed by atoms with Crippen LogP contribution in [-0.2, 0) is 0 Å². The minimum absolute atomic E-state index is 0.447. The fourth-order valence-electron chi connectivity index (χ4n) is 15.6. The lowest BCUT2D eigenvalue weighted by molar-refractivity contribution is -0.251. The molecule has 5 aliphatic rings. The van der Waals surface area contributed by atoms with Crippen LogP contribution in [0.5, 0.6) is 0 Å². The van der Waals surface area contributed by atoms with Crippen molar-refractivity contribution in [2.24, 2.45) is 105 Å². The van der Waals surface area contributed by atoms with Gasteiger partial charge in [-0.1, -0.05) is 122 Å². The van der Waals surface area contributed by atoms with E-state index >= 15 is 0 Å². The van der Waals surface area contributed by atoms with Gasteiger partial charge < -0.3 is 0 Å². The molecule has 0 saturated heterocycles. The highest BCUT2D eigenvalue weighted by molar-refractivity contribution is 5.17. The molecule has 0 radical (unpaired) electrons. The van der Waals surface area contributed by atoms with E-state index in [0.717, 1.165) is 88.8 Å². The Morgan fingerprint density at radius 2 is 1.36 bits per heavy atom. The van der Waals surface area contributed by atoms with Gasteiger partial charge in [-0.2, -0.15) is 0 Å². The van der Waals surface area contributed by atoms with Crippen LogP contribution < -0.4 is 0 Å². The Labute approximate surface area is 265 Å². The zero-order valence-electron chi connectivity index (χ0n) is 30.9. The van der Waals surface area contributed by atoms with Gasteiger partial charge in [0.15, 0.2) is 0 Å². The van der Waals surface area contributed by atoms with Crippen molar-refractivity contribution in [3.63, 3.8) is 0 Å². The molecule has 5 fully saturated rings. The maximum atomic E-state index is 2.82. The molecule has 0 aromatic heterocycles. The van der Waals surface area contributed by atoms with E-state index in [1.165, 1.54) is 70.6 Å². The fourth-order valence-corrected chi connectivity index (χ4v) is 15.6. The first-order valence-corrected chi connectivity index (χ1v) is 19.6. The minimum Gasteiger partial charge on any atom is -0.0625 e. The Morgan fingerprint density at radius 3 is 1.95 bits per heavy atom. The van der Waals surface area contributed by atoms with E-state index in [2.05, 4.69) is 90.0 Å². The van der Waals surface area contributed by atoms with Gasteiger partial charge in [0.1, 0.15) is 0 Å². The molecule has 5 aliphatic carbocycles. The van der Waals surface area contributed by atoms with Crippen molar-refractivity contribution in [1.82, 2.24) is 0 Å². The molecule has 0 heterocycles. The molecule has 0 N–H and O–H groups in total. The molecule has 0 nitrogen and oxygen atoms in total. The summed E-state index contributed by atoms with van der Waals surface area (Å²) < 4.78 is 0. The van der Waals surface area contributed by atoms with Crippen molar-refractivity contribution >= 4 is 0 Å². The summed E-state index contributed by atoms with van der Waals surface area (Å²) in [6, 6.07) is 0. The third kappa shape index (κ3) is 5.31. The number of hydrogen-bond acceptors (Lipinski definition) is 0. The highest BCUT2D eigenvalue weighted by Crippen LogP contribution is 2.75. The van der Waals surface area contributed by atoms with Crippen LogP contribution in [0.1, 0.15) is 161 Å².